The predicted octanol–water partition coefficient (Wildman–Crippen LogP) is 5.25. The average Bonchev–Trinajstić information content (AvgIpc) is 3.12. The smallest absolute Gasteiger partial charge is 0.341 e. The van der Waals surface area contributed by atoms with Gasteiger partial charge in [-0.2, -0.15) is 0 Å². The predicted molar refractivity (Wildman–Crippen MR) is 123 cm³/mol. The molecular formula is C24H29NO5S. The van der Waals surface area contributed by atoms with Gasteiger partial charge in [-0.05, 0) is 75.8 Å². The van der Waals surface area contributed by atoms with Crippen molar-refractivity contribution in [1.82, 2.24) is 0 Å². The normalized spacial score (nSPS) is 13.0. The number of benzene rings is 1. The van der Waals surface area contributed by atoms with Crippen LogP contribution in [0.4, 0.5) is 5.00 Å². The number of thiophene rings is 1. The van der Waals surface area contributed by atoms with Gasteiger partial charge < -0.3 is 19.5 Å². The number of esters is 1. The number of hydrogen-bond donors (Lipinski definition) is 1. The van der Waals surface area contributed by atoms with Gasteiger partial charge in [0.15, 0.2) is 11.5 Å². The highest BCUT2D eigenvalue weighted by atomic mass is 32.1. The first-order chi connectivity index (χ1) is 15.1. The molecule has 0 saturated carbocycles. The van der Waals surface area contributed by atoms with Gasteiger partial charge in [0.1, 0.15) is 5.00 Å². The monoisotopic (exact) mass is 443 g/mol. The lowest BCUT2D eigenvalue weighted by atomic mass is 9.95. The van der Waals surface area contributed by atoms with Crippen molar-refractivity contribution in [3.63, 3.8) is 0 Å². The number of nitrogens with one attached hydrogen (secondary N) is 1. The van der Waals surface area contributed by atoms with Crippen molar-refractivity contribution in [3.8, 4) is 11.5 Å². The summed E-state index contributed by atoms with van der Waals surface area (Å²) in [4.78, 5) is 26.3. The zero-order valence-corrected chi connectivity index (χ0v) is 19.1. The van der Waals surface area contributed by atoms with Crippen LogP contribution in [0.1, 0.15) is 60.0 Å². The first-order valence-corrected chi connectivity index (χ1v) is 11.6. The van der Waals surface area contributed by atoms with Crippen molar-refractivity contribution in [2.45, 2.75) is 46.5 Å². The molecule has 0 radical (unpaired) electrons. The van der Waals surface area contributed by atoms with E-state index in [2.05, 4.69) is 5.32 Å². The fourth-order valence-electron chi connectivity index (χ4n) is 3.57. The Morgan fingerprint density at radius 2 is 1.77 bits per heavy atom. The molecule has 1 heterocycles. The van der Waals surface area contributed by atoms with Crippen LogP contribution in [0.5, 0.6) is 11.5 Å². The minimum Gasteiger partial charge on any atom is -0.490 e. The SMILES string of the molecule is CCOC(=O)c1c(NC(=O)C=Cc2ccc(OCC)c(OCC)c2)sc2c1CCCC2. The Labute approximate surface area is 187 Å². The summed E-state index contributed by atoms with van der Waals surface area (Å²) in [5, 5.41) is 3.46. The number of fused-ring (bicyclic) bond motifs is 1. The van der Waals surface area contributed by atoms with Crippen LogP contribution in [0.3, 0.4) is 0 Å². The van der Waals surface area contributed by atoms with Crippen LogP contribution in [0.15, 0.2) is 24.3 Å². The Kier molecular flexibility index (Phi) is 8.12. The van der Waals surface area contributed by atoms with Gasteiger partial charge >= 0.3 is 5.97 Å². The van der Waals surface area contributed by atoms with Gasteiger partial charge in [0.05, 0.1) is 25.4 Å². The molecule has 31 heavy (non-hydrogen) atoms. The average molecular weight is 444 g/mol. The fraction of sp³-hybridized carbons (Fsp3) is 0.417. The maximum atomic E-state index is 12.6. The summed E-state index contributed by atoms with van der Waals surface area (Å²) < 4.78 is 16.5. The molecule has 0 atom stereocenters. The third kappa shape index (κ3) is 5.67. The van der Waals surface area contributed by atoms with Crippen LogP contribution in [0, 0.1) is 0 Å². The number of ether oxygens (including phenoxy) is 3. The van der Waals surface area contributed by atoms with E-state index in [1.54, 1.807) is 13.0 Å². The van der Waals surface area contributed by atoms with Crippen molar-refractivity contribution in [2.24, 2.45) is 0 Å². The summed E-state index contributed by atoms with van der Waals surface area (Å²) in [6.07, 6.45) is 7.10. The van der Waals surface area contributed by atoms with Crippen LogP contribution < -0.4 is 14.8 Å². The van der Waals surface area contributed by atoms with E-state index in [1.165, 1.54) is 22.3 Å². The molecule has 1 amide bonds. The topological polar surface area (TPSA) is 73.9 Å². The van der Waals surface area contributed by atoms with Gasteiger partial charge in [-0.15, -0.1) is 11.3 Å². The number of amides is 1. The number of carbonyl (C=O) groups excluding carboxylic acids is 2. The summed E-state index contributed by atoms with van der Waals surface area (Å²) in [5.74, 6) is 0.654. The van der Waals surface area contributed by atoms with E-state index >= 15 is 0 Å². The summed E-state index contributed by atoms with van der Waals surface area (Å²) in [6, 6.07) is 5.54. The Morgan fingerprint density at radius 3 is 2.52 bits per heavy atom. The lowest BCUT2D eigenvalue weighted by Gasteiger charge is -2.12. The Hall–Kier alpha value is -2.80. The standard InChI is InChI=1S/C24H29NO5S/c1-4-28-18-13-11-16(15-19(18)29-5-2)12-14-21(26)25-23-22(24(27)30-6-3)17-9-7-8-10-20(17)31-23/h11-15H,4-10H2,1-3H3,(H,25,26). The number of carbonyl (C=O) groups is 2. The second-order valence-corrected chi connectivity index (χ2v) is 8.14. The second kappa shape index (κ2) is 11.0. The number of rotatable bonds is 9. The van der Waals surface area contributed by atoms with Gasteiger partial charge in [0, 0.05) is 11.0 Å². The number of anilines is 1. The van der Waals surface area contributed by atoms with Gasteiger partial charge in [-0.1, -0.05) is 6.07 Å². The van der Waals surface area contributed by atoms with E-state index in [0.717, 1.165) is 36.8 Å². The van der Waals surface area contributed by atoms with Crippen LogP contribution in [0.25, 0.3) is 6.08 Å². The maximum absolute atomic E-state index is 12.6. The van der Waals surface area contributed by atoms with Gasteiger partial charge in [0.25, 0.3) is 0 Å². The lowest BCUT2D eigenvalue weighted by molar-refractivity contribution is -0.111. The summed E-state index contributed by atoms with van der Waals surface area (Å²) in [5.41, 5.74) is 2.36. The van der Waals surface area contributed by atoms with Gasteiger partial charge in [-0.3, -0.25) is 4.79 Å². The third-order valence-electron chi connectivity index (χ3n) is 4.88. The van der Waals surface area contributed by atoms with E-state index < -0.39 is 0 Å². The molecule has 7 heteroatoms. The minimum atomic E-state index is -0.367. The van der Waals surface area contributed by atoms with Crippen LogP contribution in [-0.4, -0.2) is 31.7 Å². The first kappa shape index (κ1) is 22.9. The Bertz CT molecular complexity index is 963. The fourth-order valence-corrected chi connectivity index (χ4v) is 4.85. The molecule has 0 saturated heterocycles. The molecule has 0 bridgehead atoms. The van der Waals surface area contributed by atoms with Crippen molar-refractivity contribution in [3.05, 3.63) is 45.8 Å². The third-order valence-corrected chi connectivity index (χ3v) is 6.09. The molecule has 1 aliphatic carbocycles. The molecule has 1 aliphatic rings. The molecule has 0 fully saturated rings. The highest BCUT2D eigenvalue weighted by Gasteiger charge is 2.26. The van der Waals surface area contributed by atoms with Gasteiger partial charge in [-0.25, -0.2) is 4.79 Å². The first-order valence-electron chi connectivity index (χ1n) is 10.8. The molecule has 2 aromatic rings. The van der Waals surface area contributed by atoms with E-state index in [9.17, 15) is 9.59 Å². The maximum Gasteiger partial charge on any atom is 0.341 e. The quantitative estimate of drug-likeness (QED) is 0.423. The summed E-state index contributed by atoms with van der Waals surface area (Å²) in [6.45, 7) is 6.98. The minimum absolute atomic E-state index is 0.295. The molecule has 0 spiro atoms. The second-order valence-electron chi connectivity index (χ2n) is 7.03. The van der Waals surface area contributed by atoms with E-state index in [0.29, 0.717) is 41.9 Å². The van der Waals surface area contributed by atoms with Crippen molar-refractivity contribution >= 4 is 34.3 Å². The zero-order chi connectivity index (χ0) is 22.2. The lowest BCUT2D eigenvalue weighted by Crippen LogP contribution is -2.14. The van der Waals surface area contributed by atoms with Gasteiger partial charge in [0.2, 0.25) is 5.91 Å². The molecule has 1 N–H and O–H groups in total. The summed E-state index contributed by atoms with van der Waals surface area (Å²) >= 11 is 1.48. The molecule has 6 nitrogen and oxygen atoms in total. The molecule has 1 aromatic heterocycles. The van der Waals surface area contributed by atoms with Crippen LogP contribution >= 0.6 is 11.3 Å². The number of hydrogen-bond acceptors (Lipinski definition) is 6. The molecular weight excluding hydrogens is 414 g/mol. The molecule has 0 aliphatic heterocycles. The molecule has 3 rings (SSSR count). The van der Waals surface area contributed by atoms with E-state index in [4.69, 9.17) is 14.2 Å². The molecule has 166 valence electrons. The van der Waals surface area contributed by atoms with Crippen molar-refractivity contribution in [1.29, 1.82) is 0 Å². The molecule has 0 unspecified atom stereocenters. The molecule has 1 aromatic carbocycles. The Balaban J connectivity index is 1.78. The largest absolute Gasteiger partial charge is 0.490 e. The van der Waals surface area contributed by atoms with E-state index in [1.807, 2.05) is 32.0 Å². The highest BCUT2D eigenvalue weighted by molar-refractivity contribution is 7.17. The van der Waals surface area contributed by atoms with Crippen LogP contribution in [0.2, 0.25) is 0 Å². The van der Waals surface area contributed by atoms with Crippen molar-refractivity contribution in [2.75, 3.05) is 25.1 Å². The van der Waals surface area contributed by atoms with Crippen LogP contribution in [-0.2, 0) is 22.4 Å². The Morgan fingerprint density at radius 1 is 1.03 bits per heavy atom. The number of aryl methyl sites for hydroxylation is 1. The zero-order valence-electron chi connectivity index (χ0n) is 18.3. The van der Waals surface area contributed by atoms with Crippen molar-refractivity contribution < 1.29 is 23.8 Å². The van der Waals surface area contributed by atoms with E-state index in [-0.39, 0.29) is 11.9 Å². The summed E-state index contributed by atoms with van der Waals surface area (Å²) in [7, 11) is 0. The highest BCUT2D eigenvalue weighted by Crippen LogP contribution is 2.38.